The maximum absolute atomic E-state index is 13.6. The fourth-order valence-corrected chi connectivity index (χ4v) is 3.94. The zero-order valence-electron chi connectivity index (χ0n) is 19.0. The molecule has 0 aliphatic rings. The Morgan fingerprint density at radius 1 is 1.03 bits per heavy atom. The molecule has 1 heterocycles. The molecule has 0 bridgehead atoms. The summed E-state index contributed by atoms with van der Waals surface area (Å²) in [7, 11) is 1.69. The van der Waals surface area contributed by atoms with Gasteiger partial charge in [0.25, 0.3) is 5.56 Å². The monoisotopic (exact) mass is 460 g/mol. The van der Waals surface area contributed by atoms with E-state index in [4.69, 9.17) is 16.6 Å². The van der Waals surface area contributed by atoms with Gasteiger partial charge in [0.2, 0.25) is 0 Å². The van der Waals surface area contributed by atoms with Crippen molar-refractivity contribution in [2.75, 3.05) is 12.4 Å². The molecule has 1 unspecified atom stereocenters. The van der Waals surface area contributed by atoms with E-state index in [1.807, 2.05) is 63.2 Å². The number of amides is 2. The highest BCUT2D eigenvalue weighted by molar-refractivity contribution is 6.31. The molecule has 168 valence electrons. The Kier molecular flexibility index (Phi) is 6.20. The third-order valence-electron chi connectivity index (χ3n) is 5.94. The Morgan fingerprint density at radius 2 is 1.73 bits per heavy atom. The van der Waals surface area contributed by atoms with Crippen LogP contribution < -0.4 is 10.9 Å². The Hall–Kier alpha value is -3.64. The summed E-state index contributed by atoms with van der Waals surface area (Å²) < 4.78 is 1.56. The van der Waals surface area contributed by atoms with E-state index in [1.54, 1.807) is 40.8 Å². The van der Waals surface area contributed by atoms with Crippen molar-refractivity contribution in [1.29, 1.82) is 0 Å². The number of aryl methyl sites for hydroxylation is 1. The lowest BCUT2D eigenvalue weighted by Crippen LogP contribution is -2.37. The van der Waals surface area contributed by atoms with Gasteiger partial charge in [-0.3, -0.25) is 9.36 Å². The van der Waals surface area contributed by atoms with Gasteiger partial charge in [-0.2, -0.15) is 0 Å². The second kappa shape index (κ2) is 9.08. The second-order valence-corrected chi connectivity index (χ2v) is 8.45. The van der Waals surface area contributed by atoms with Gasteiger partial charge >= 0.3 is 6.03 Å². The minimum absolute atomic E-state index is 0.208. The van der Waals surface area contributed by atoms with Gasteiger partial charge in [-0.05, 0) is 62.2 Å². The molecule has 4 rings (SSSR count). The summed E-state index contributed by atoms with van der Waals surface area (Å²) in [4.78, 5) is 33.0. The third kappa shape index (κ3) is 4.22. The zero-order valence-corrected chi connectivity index (χ0v) is 19.7. The standard InChI is InChI=1S/C26H25ClN4O2/c1-16-10-5-7-13-21(16)29-26(33)30(4)18(3)24-28-22-14-8-6-11-19(22)25(32)31(24)23-15-9-12-20(27)17(23)2/h5-15,18H,1-4H3,(H,29,33). The van der Waals surface area contributed by atoms with Crippen LogP contribution in [-0.2, 0) is 0 Å². The highest BCUT2D eigenvalue weighted by atomic mass is 35.5. The quantitative estimate of drug-likeness (QED) is 0.413. The number of nitrogens with one attached hydrogen (secondary N) is 1. The van der Waals surface area contributed by atoms with Crippen LogP contribution in [0.4, 0.5) is 10.5 Å². The summed E-state index contributed by atoms with van der Waals surface area (Å²) >= 11 is 6.37. The average Bonchev–Trinajstić information content (AvgIpc) is 2.81. The van der Waals surface area contributed by atoms with Gasteiger partial charge in [-0.25, -0.2) is 9.78 Å². The lowest BCUT2D eigenvalue weighted by Gasteiger charge is -2.28. The number of carbonyl (C=O) groups is 1. The molecule has 3 aromatic carbocycles. The Labute approximate surface area is 197 Å². The van der Waals surface area contributed by atoms with E-state index in [1.165, 1.54) is 0 Å². The molecular formula is C26H25ClN4O2. The number of benzene rings is 3. The highest BCUT2D eigenvalue weighted by Crippen LogP contribution is 2.27. The molecule has 4 aromatic rings. The first-order valence-corrected chi connectivity index (χ1v) is 11.0. The number of aromatic nitrogens is 2. The van der Waals surface area contributed by atoms with Crippen LogP contribution in [0, 0.1) is 13.8 Å². The first-order chi connectivity index (χ1) is 15.8. The number of hydrogen-bond donors (Lipinski definition) is 1. The van der Waals surface area contributed by atoms with E-state index < -0.39 is 6.04 Å². The zero-order chi connectivity index (χ0) is 23.7. The van der Waals surface area contributed by atoms with Crippen LogP contribution in [0.15, 0.2) is 71.5 Å². The maximum atomic E-state index is 13.6. The number of halogens is 1. The maximum Gasteiger partial charge on any atom is 0.322 e. The van der Waals surface area contributed by atoms with Gasteiger partial charge < -0.3 is 10.2 Å². The van der Waals surface area contributed by atoms with E-state index in [-0.39, 0.29) is 11.6 Å². The van der Waals surface area contributed by atoms with Crippen molar-refractivity contribution in [3.05, 3.63) is 99.1 Å². The van der Waals surface area contributed by atoms with Crippen LogP contribution >= 0.6 is 11.6 Å². The Morgan fingerprint density at radius 3 is 2.48 bits per heavy atom. The molecule has 0 radical (unpaired) electrons. The fourth-order valence-electron chi connectivity index (χ4n) is 3.77. The van der Waals surface area contributed by atoms with Crippen molar-refractivity contribution < 1.29 is 4.79 Å². The summed E-state index contributed by atoms with van der Waals surface area (Å²) in [6, 6.07) is 19.4. The van der Waals surface area contributed by atoms with Crippen molar-refractivity contribution in [3.63, 3.8) is 0 Å². The van der Waals surface area contributed by atoms with Crippen molar-refractivity contribution in [3.8, 4) is 5.69 Å². The smallest absolute Gasteiger partial charge is 0.318 e. The van der Waals surface area contributed by atoms with E-state index in [0.29, 0.717) is 27.4 Å². The van der Waals surface area contributed by atoms with E-state index in [9.17, 15) is 9.59 Å². The minimum Gasteiger partial charge on any atom is -0.318 e. The molecule has 6 nitrogen and oxygen atoms in total. The lowest BCUT2D eigenvalue weighted by atomic mass is 10.1. The third-order valence-corrected chi connectivity index (χ3v) is 6.35. The topological polar surface area (TPSA) is 67.2 Å². The predicted octanol–water partition coefficient (Wildman–Crippen LogP) is 5.88. The second-order valence-electron chi connectivity index (χ2n) is 8.04. The number of carbonyl (C=O) groups excluding carboxylic acids is 1. The highest BCUT2D eigenvalue weighted by Gasteiger charge is 2.25. The summed E-state index contributed by atoms with van der Waals surface area (Å²) in [5.41, 5.74) is 3.46. The number of fused-ring (bicyclic) bond motifs is 1. The van der Waals surface area contributed by atoms with Crippen LogP contribution in [0.25, 0.3) is 16.6 Å². The van der Waals surface area contributed by atoms with Gasteiger partial charge in [-0.15, -0.1) is 0 Å². The predicted molar refractivity (Wildman–Crippen MR) is 133 cm³/mol. The first kappa shape index (κ1) is 22.6. The van der Waals surface area contributed by atoms with Crippen molar-refractivity contribution in [2.24, 2.45) is 0 Å². The van der Waals surface area contributed by atoms with E-state index in [2.05, 4.69) is 5.32 Å². The van der Waals surface area contributed by atoms with Gasteiger partial charge in [0.1, 0.15) is 5.82 Å². The summed E-state index contributed by atoms with van der Waals surface area (Å²) in [6.07, 6.45) is 0. The summed E-state index contributed by atoms with van der Waals surface area (Å²) in [5.74, 6) is 0.450. The average molecular weight is 461 g/mol. The van der Waals surface area contributed by atoms with Gasteiger partial charge in [0.05, 0.1) is 22.6 Å². The molecule has 1 atom stereocenters. The van der Waals surface area contributed by atoms with Crippen LogP contribution in [-0.4, -0.2) is 27.5 Å². The normalized spacial score (nSPS) is 11.9. The van der Waals surface area contributed by atoms with Crippen molar-refractivity contribution in [1.82, 2.24) is 14.5 Å². The van der Waals surface area contributed by atoms with Crippen LogP contribution in [0.2, 0.25) is 5.02 Å². The molecule has 33 heavy (non-hydrogen) atoms. The number of urea groups is 1. The van der Waals surface area contributed by atoms with E-state index in [0.717, 1.165) is 16.8 Å². The number of anilines is 1. The molecule has 0 saturated carbocycles. The fraction of sp³-hybridized carbons (Fsp3) is 0.192. The van der Waals surface area contributed by atoms with Gasteiger partial charge in [0, 0.05) is 17.8 Å². The number of para-hydroxylation sites is 2. The van der Waals surface area contributed by atoms with Gasteiger partial charge in [0.15, 0.2) is 0 Å². The molecule has 0 fully saturated rings. The SMILES string of the molecule is Cc1ccccc1NC(=O)N(C)C(C)c1nc2ccccc2c(=O)n1-c1cccc(Cl)c1C. The summed E-state index contributed by atoms with van der Waals surface area (Å²) in [6.45, 7) is 5.65. The van der Waals surface area contributed by atoms with Crippen LogP contribution in [0.5, 0.6) is 0 Å². The number of hydrogen-bond acceptors (Lipinski definition) is 3. The molecule has 0 aliphatic carbocycles. The van der Waals surface area contributed by atoms with Crippen LogP contribution in [0.3, 0.4) is 0 Å². The molecular weight excluding hydrogens is 436 g/mol. The summed E-state index contributed by atoms with van der Waals surface area (Å²) in [5, 5.41) is 4.00. The molecule has 0 saturated heterocycles. The minimum atomic E-state index is -0.510. The number of rotatable bonds is 4. The van der Waals surface area contributed by atoms with Crippen molar-refractivity contribution >= 4 is 34.2 Å². The Bertz CT molecular complexity index is 1410. The molecule has 1 N–H and O–H groups in total. The number of nitrogens with zero attached hydrogens (tertiary/aromatic N) is 3. The van der Waals surface area contributed by atoms with Crippen LogP contribution in [0.1, 0.15) is 29.9 Å². The Balaban J connectivity index is 1.84. The molecule has 7 heteroatoms. The lowest BCUT2D eigenvalue weighted by molar-refractivity contribution is 0.205. The van der Waals surface area contributed by atoms with E-state index >= 15 is 0 Å². The molecule has 0 spiro atoms. The molecule has 2 amide bonds. The van der Waals surface area contributed by atoms with Gasteiger partial charge in [-0.1, -0.05) is 48.0 Å². The molecule has 1 aromatic heterocycles. The molecule has 0 aliphatic heterocycles. The largest absolute Gasteiger partial charge is 0.322 e. The first-order valence-electron chi connectivity index (χ1n) is 10.7. The van der Waals surface area contributed by atoms with Crippen molar-refractivity contribution in [2.45, 2.75) is 26.8 Å².